The lowest BCUT2D eigenvalue weighted by Crippen LogP contribution is -2.54. The van der Waals surface area contributed by atoms with E-state index in [2.05, 4.69) is 5.32 Å². The summed E-state index contributed by atoms with van der Waals surface area (Å²) in [5, 5.41) is 12.0. The number of rotatable bonds is 7. The maximum atomic E-state index is 11.9. The summed E-state index contributed by atoms with van der Waals surface area (Å²) in [6.07, 6.45) is 2.08. The van der Waals surface area contributed by atoms with Gasteiger partial charge >= 0.3 is 5.97 Å². The van der Waals surface area contributed by atoms with E-state index < -0.39 is 11.5 Å². The van der Waals surface area contributed by atoms with Gasteiger partial charge in [0.15, 0.2) is 0 Å². The molecule has 0 saturated heterocycles. The van der Waals surface area contributed by atoms with Crippen LogP contribution < -0.4 is 5.32 Å². The lowest BCUT2D eigenvalue weighted by atomic mass is 9.96. The molecule has 1 amide bonds. The van der Waals surface area contributed by atoms with Crippen LogP contribution in [0.15, 0.2) is 35.2 Å². The molecule has 0 radical (unpaired) electrons. The first-order valence-corrected chi connectivity index (χ1v) is 7.73. The van der Waals surface area contributed by atoms with Crippen molar-refractivity contribution in [2.75, 3.05) is 5.75 Å². The number of nitrogens with one attached hydrogen (secondary N) is 1. The molecule has 0 bridgehead atoms. The molecule has 4 nitrogen and oxygen atoms in total. The van der Waals surface area contributed by atoms with Crippen molar-refractivity contribution in [3.05, 3.63) is 30.3 Å². The van der Waals surface area contributed by atoms with E-state index in [1.165, 1.54) is 0 Å². The Labute approximate surface area is 123 Å². The zero-order chi connectivity index (χ0) is 14.6. The Bertz CT molecular complexity index is 487. The van der Waals surface area contributed by atoms with Crippen molar-refractivity contribution >= 4 is 23.6 Å². The molecule has 20 heavy (non-hydrogen) atoms. The van der Waals surface area contributed by atoms with Crippen molar-refractivity contribution in [1.82, 2.24) is 5.32 Å². The summed E-state index contributed by atoms with van der Waals surface area (Å²) in [5.74, 6) is -0.407. The Morgan fingerprint density at radius 2 is 2.00 bits per heavy atom. The zero-order valence-corrected chi connectivity index (χ0v) is 12.3. The van der Waals surface area contributed by atoms with Gasteiger partial charge in [-0.05, 0) is 37.8 Å². The quantitative estimate of drug-likeness (QED) is 0.758. The van der Waals surface area contributed by atoms with Gasteiger partial charge in [-0.2, -0.15) is 0 Å². The fourth-order valence-corrected chi connectivity index (χ4v) is 2.99. The molecule has 1 fully saturated rings. The molecule has 0 spiro atoms. The molecule has 1 atom stereocenters. The highest BCUT2D eigenvalue weighted by molar-refractivity contribution is 7.99. The van der Waals surface area contributed by atoms with E-state index in [0.29, 0.717) is 12.2 Å². The lowest BCUT2D eigenvalue weighted by Gasteiger charge is -2.26. The van der Waals surface area contributed by atoms with E-state index in [1.54, 1.807) is 18.7 Å². The van der Waals surface area contributed by atoms with Crippen molar-refractivity contribution < 1.29 is 14.7 Å². The smallest absolute Gasteiger partial charge is 0.329 e. The number of hydrogen-bond donors (Lipinski definition) is 2. The minimum Gasteiger partial charge on any atom is -0.480 e. The van der Waals surface area contributed by atoms with Gasteiger partial charge in [0.1, 0.15) is 5.54 Å². The Balaban J connectivity index is 1.79. The third-order valence-electron chi connectivity index (χ3n) is 3.58. The highest BCUT2D eigenvalue weighted by atomic mass is 32.2. The minimum atomic E-state index is -1.10. The van der Waals surface area contributed by atoms with Crippen LogP contribution in [-0.2, 0) is 9.59 Å². The summed E-state index contributed by atoms with van der Waals surface area (Å²) in [6.45, 7) is 1.61. The second-order valence-electron chi connectivity index (χ2n) is 5.24. The first-order valence-electron chi connectivity index (χ1n) is 6.74. The molecule has 1 aliphatic rings. The first-order chi connectivity index (χ1) is 9.52. The molecule has 2 N–H and O–H groups in total. The molecule has 0 heterocycles. The molecule has 0 aliphatic heterocycles. The molecule has 108 valence electrons. The van der Waals surface area contributed by atoms with Gasteiger partial charge in [0, 0.05) is 17.1 Å². The standard InChI is InChI=1S/C15H19NO3S/c1-15(14(18)19,11-7-8-11)16-13(17)9-10-20-12-5-3-2-4-6-12/h2-6,11H,7-10H2,1H3,(H,16,17)(H,18,19). The number of carbonyl (C=O) groups is 2. The number of benzene rings is 1. The lowest BCUT2D eigenvalue weighted by molar-refractivity contribution is -0.147. The molecular formula is C15H19NO3S. The maximum Gasteiger partial charge on any atom is 0.329 e. The Morgan fingerprint density at radius 1 is 1.35 bits per heavy atom. The van der Waals surface area contributed by atoms with Gasteiger partial charge in [0.25, 0.3) is 0 Å². The number of carboxylic acids is 1. The molecule has 1 unspecified atom stereocenters. The molecular weight excluding hydrogens is 274 g/mol. The van der Waals surface area contributed by atoms with Crippen LogP contribution in [0.2, 0.25) is 0 Å². The summed E-state index contributed by atoms with van der Waals surface area (Å²) < 4.78 is 0. The second kappa shape index (κ2) is 6.31. The highest BCUT2D eigenvalue weighted by Crippen LogP contribution is 2.39. The maximum absolute atomic E-state index is 11.9. The minimum absolute atomic E-state index is 0.0747. The van der Waals surface area contributed by atoms with Gasteiger partial charge in [-0.1, -0.05) is 18.2 Å². The normalized spacial score (nSPS) is 17.2. The molecule has 1 aromatic carbocycles. The van der Waals surface area contributed by atoms with Crippen LogP contribution in [0.1, 0.15) is 26.2 Å². The van der Waals surface area contributed by atoms with Gasteiger partial charge < -0.3 is 10.4 Å². The monoisotopic (exact) mass is 293 g/mol. The van der Waals surface area contributed by atoms with Crippen LogP contribution in [0.4, 0.5) is 0 Å². The number of thioether (sulfide) groups is 1. The summed E-state index contributed by atoms with van der Waals surface area (Å²) in [6, 6.07) is 9.85. The van der Waals surface area contributed by atoms with E-state index in [-0.39, 0.29) is 11.8 Å². The highest BCUT2D eigenvalue weighted by Gasteiger charge is 2.48. The van der Waals surface area contributed by atoms with Crippen LogP contribution in [-0.4, -0.2) is 28.3 Å². The Morgan fingerprint density at radius 3 is 2.55 bits per heavy atom. The van der Waals surface area contributed by atoms with E-state index in [4.69, 9.17) is 0 Å². The third kappa shape index (κ3) is 3.76. The van der Waals surface area contributed by atoms with E-state index in [0.717, 1.165) is 17.7 Å². The van der Waals surface area contributed by atoms with Gasteiger partial charge in [-0.3, -0.25) is 4.79 Å². The topological polar surface area (TPSA) is 66.4 Å². The summed E-state index contributed by atoms with van der Waals surface area (Å²) in [5.41, 5.74) is -1.10. The third-order valence-corrected chi connectivity index (χ3v) is 4.59. The van der Waals surface area contributed by atoms with E-state index >= 15 is 0 Å². The van der Waals surface area contributed by atoms with E-state index in [9.17, 15) is 14.7 Å². The fraction of sp³-hybridized carbons (Fsp3) is 0.467. The summed E-state index contributed by atoms with van der Waals surface area (Å²) >= 11 is 1.60. The number of carboxylic acid groups (broad SMARTS) is 1. The van der Waals surface area contributed by atoms with Gasteiger partial charge in [0.2, 0.25) is 5.91 Å². The largest absolute Gasteiger partial charge is 0.480 e. The molecule has 1 saturated carbocycles. The fourth-order valence-electron chi connectivity index (χ4n) is 2.12. The average molecular weight is 293 g/mol. The summed E-state index contributed by atoms with van der Waals surface area (Å²) in [7, 11) is 0. The molecule has 5 heteroatoms. The van der Waals surface area contributed by atoms with Crippen molar-refractivity contribution in [1.29, 1.82) is 0 Å². The SMILES string of the molecule is CC(NC(=O)CCSc1ccccc1)(C(=O)O)C1CC1. The predicted octanol–water partition coefficient (Wildman–Crippen LogP) is 2.54. The van der Waals surface area contributed by atoms with Crippen molar-refractivity contribution in [2.45, 2.75) is 36.6 Å². The molecule has 1 aromatic rings. The van der Waals surface area contributed by atoms with Crippen molar-refractivity contribution in [3.63, 3.8) is 0 Å². The van der Waals surface area contributed by atoms with Crippen LogP contribution in [0.3, 0.4) is 0 Å². The average Bonchev–Trinajstić information content (AvgIpc) is 3.24. The number of aliphatic carboxylic acids is 1. The Hall–Kier alpha value is -1.49. The Kier molecular flexibility index (Phi) is 4.70. The van der Waals surface area contributed by atoms with Crippen LogP contribution in [0.25, 0.3) is 0 Å². The molecule has 0 aromatic heterocycles. The first kappa shape index (κ1) is 14.9. The second-order valence-corrected chi connectivity index (χ2v) is 6.41. The van der Waals surface area contributed by atoms with Crippen molar-refractivity contribution in [3.8, 4) is 0 Å². The van der Waals surface area contributed by atoms with E-state index in [1.807, 2.05) is 30.3 Å². The van der Waals surface area contributed by atoms with Gasteiger partial charge in [-0.15, -0.1) is 11.8 Å². The number of carbonyl (C=O) groups excluding carboxylic acids is 1. The number of amides is 1. The van der Waals surface area contributed by atoms with Crippen molar-refractivity contribution in [2.24, 2.45) is 5.92 Å². The summed E-state index contributed by atoms with van der Waals surface area (Å²) in [4.78, 5) is 24.3. The molecule has 1 aliphatic carbocycles. The van der Waals surface area contributed by atoms with Crippen LogP contribution in [0.5, 0.6) is 0 Å². The number of hydrogen-bond acceptors (Lipinski definition) is 3. The van der Waals surface area contributed by atoms with Gasteiger partial charge in [-0.25, -0.2) is 4.79 Å². The van der Waals surface area contributed by atoms with Crippen LogP contribution in [0, 0.1) is 5.92 Å². The van der Waals surface area contributed by atoms with Gasteiger partial charge in [0.05, 0.1) is 0 Å². The zero-order valence-electron chi connectivity index (χ0n) is 11.5. The van der Waals surface area contributed by atoms with Crippen LogP contribution >= 0.6 is 11.8 Å². The molecule has 2 rings (SSSR count). The predicted molar refractivity (Wildman–Crippen MR) is 78.7 cm³/mol.